The van der Waals surface area contributed by atoms with Gasteiger partial charge in [-0.2, -0.15) is 10.2 Å². The van der Waals surface area contributed by atoms with E-state index >= 15 is 0 Å². The number of hydrogen-bond donors (Lipinski definition) is 1. The van der Waals surface area contributed by atoms with E-state index in [-0.39, 0.29) is 5.82 Å². The fraction of sp³-hybridized carbons (Fsp3) is 0.211. The Morgan fingerprint density at radius 1 is 1.22 bits per heavy atom. The summed E-state index contributed by atoms with van der Waals surface area (Å²) in [5, 5.41) is 13.0. The van der Waals surface area contributed by atoms with Gasteiger partial charge in [0.1, 0.15) is 11.5 Å². The normalized spacial score (nSPS) is 11.1. The minimum Gasteiger partial charge on any atom is -0.357 e. The standard InChI is InChI=1S/C19H19FN6S/c1-12-18(17-7-8-26(24-17)16-6-4-5-15(20)9-16)27-19(23-12)21-10-14-11-22-25(3)13(14)2/h4-9,11H,10H2,1-3H3,(H,21,23). The first kappa shape index (κ1) is 17.4. The van der Waals surface area contributed by atoms with Gasteiger partial charge < -0.3 is 5.32 Å². The molecule has 0 saturated heterocycles. The predicted octanol–water partition coefficient (Wildman–Crippen LogP) is 4.10. The fourth-order valence-corrected chi connectivity index (χ4v) is 3.73. The maximum atomic E-state index is 13.4. The topological polar surface area (TPSA) is 60.6 Å². The van der Waals surface area contributed by atoms with Crippen LogP contribution < -0.4 is 5.32 Å². The minimum absolute atomic E-state index is 0.282. The lowest BCUT2D eigenvalue weighted by Crippen LogP contribution is -2.01. The van der Waals surface area contributed by atoms with E-state index in [1.54, 1.807) is 22.1 Å². The highest BCUT2D eigenvalue weighted by molar-refractivity contribution is 7.19. The number of hydrogen-bond acceptors (Lipinski definition) is 5. The molecule has 0 unspecified atom stereocenters. The summed E-state index contributed by atoms with van der Waals surface area (Å²) in [6, 6.07) is 8.29. The molecule has 8 heteroatoms. The number of nitrogens with one attached hydrogen (secondary N) is 1. The van der Waals surface area contributed by atoms with Crippen molar-refractivity contribution < 1.29 is 4.39 Å². The summed E-state index contributed by atoms with van der Waals surface area (Å²) in [5.41, 5.74) is 4.69. The van der Waals surface area contributed by atoms with Crippen LogP contribution in [0.2, 0.25) is 0 Å². The van der Waals surface area contributed by atoms with Crippen molar-refractivity contribution in [3.63, 3.8) is 0 Å². The zero-order valence-electron chi connectivity index (χ0n) is 15.3. The predicted molar refractivity (Wildman–Crippen MR) is 105 cm³/mol. The van der Waals surface area contributed by atoms with Crippen LogP contribution in [0, 0.1) is 19.7 Å². The summed E-state index contributed by atoms with van der Waals surface area (Å²) in [6.45, 7) is 4.68. The lowest BCUT2D eigenvalue weighted by atomic mass is 10.2. The van der Waals surface area contributed by atoms with E-state index in [2.05, 4.69) is 20.5 Å². The third-order valence-electron chi connectivity index (χ3n) is 4.46. The molecule has 4 aromatic rings. The number of halogens is 1. The quantitative estimate of drug-likeness (QED) is 0.565. The number of rotatable bonds is 5. The molecule has 3 aromatic heterocycles. The van der Waals surface area contributed by atoms with Gasteiger partial charge in [-0.1, -0.05) is 17.4 Å². The van der Waals surface area contributed by atoms with Crippen molar-refractivity contribution in [1.29, 1.82) is 0 Å². The highest BCUT2D eigenvalue weighted by atomic mass is 32.1. The summed E-state index contributed by atoms with van der Waals surface area (Å²) in [7, 11) is 1.93. The highest BCUT2D eigenvalue weighted by Crippen LogP contribution is 2.32. The number of anilines is 1. The molecule has 6 nitrogen and oxygen atoms in total. The molecule has 138 valence electrons. The van der Waals surface area contributed by atoms with Gasteiger partial charge in [0.15, 0.2) is 5.13 Å². The Bertz CT molecular complexity index is 1090. The smallest absolute Gasteiger partial charge is 0.183 e. The molecule has 0 aliphatic rings. The Hall–Kier alpha value is -3.00. The average molecular weight is 382 g/mol. The molecule has 1 aromatic carbocycles. The Morgan fingerprint density at radius 3 is 2.81 bits per heavy atom. The maximum absolute atomic E-state index is 13.4. The lowest BCUT2D eigenvalue weighted by Gasteiger charge is -2.02. The van der Waals surface area contributed by atoms with Crippen LogP contribution in [0.3, 0.4) is 0 Å². The summed E-state index contributed by atoms with van der Waals surface area (Å²) in [6.07, 6.45) is 3.69. The SMILES string of the molecule is Cc1nc(NCc2cnn(C)c2C)sc1-c1ccn(-c2cccc(F)c2)n1. The van der Waals surface area contributed by atoms with Gasteiger partial charge in [0, 0.05) is 31.0 Å². The zero-order chi connectivity index (χ0) is 19.0. The molecule has 0 aliphatic heterocycles. The molecule has 0 saturated carbocycles. The van der Waals surface area contributed by atoms with Crippen molar-refractivity contribution in [3.8, 4) is 16.3 Å². The molecule has 4 rings (SSSR count). The van der Waals surface area contributed by atoms with Crippen molar-refractivity contribution in [3.05, 3.63) is 65.5 Å². The summed E-state index contributed by atoms with van der Waals surface area (Å²) in [4.78, 5) is 5.60. The molecule has 0 amide bonds. The fourth-order valence-electron chi connectivity index (χ4n) is 2.81. The first-order valence-corrected chi connectivity index (χ1v) is 9.33. The summed E-state index contributed by atoms with van der Waals surface area (Å²) in [5.74, 6) is -0.282. The van der Waals surface area contributed by atoms with Crippen molar-refractivity contribution >= 4 is 16.5 Å². The molecule has 0 fully saturated rings. The van der Waals surface area contributed by atoms with Gasteiger partial charge in [0.25, 0.3) is 0 Å². The molecule has 0 bridgehead atoms. The Morgan fingerprint density at radius 2 is 2.07 bits per heavy atom. The van der Waals surface area contributed by atoms with E-state index < -0.39 is 0 Å². The Kier molecular flexibility index (Phi) is 4.49. The largest absolute Gasteiger partial charge is 0.357 e. The molecule has 0 spiro atoms. The molecule has 3 heterocycles. The van der Waals surface area contributed by atoms with Crippen LogP contribution in [0.5, 0.6) is 0 Å². The first-order chi connectivity index (χ1) is 13.0. The van der Waals surface area contributed by atoms with Crippen molar-refractivity contribution in [1.82, 2.24) is 24.5 Å². The second kappa shape index (κ2) is 6.96. The number of thiazole rings is 1. The Labute approximate surface area is 160 Å². The molecule has 0 radical (unpaired) electrons. The van der Waals surface area contributed by atoms with Crippen molar-refractivity contribution in [2.24, 2.45) is 7.05 Å². The van der Waals surface area contributed by atoms with Crippen LogP contribution in [0.15, 0.2) is 42.7 Å². The van der Waals surface area contributed by atoms with E-state index in [1.165, 1.54) is 12.1 Å². The van der Waals surface area contributed by atoms with Gasteiger partial charge >= 0.3 is 0 Å². The van der Waals surface area contributed by atoms with Crippen LogP contribution in [-0.2, 0) is 13.6 Å². The Balaban J connectivity index is 1.54. The van der Waals surface area contributed by atoms with Gasteiger partial charge in [-0.05, 0) is 38.1 Å². The van der Waals surface area contributed by atoms with Gasteiger partial charge in [-0.25, -0.2) is 14.1 Å². The summed E-state index contributed by atoms with van der Waals surface area (Å²) < 4.78 is 17.0. The van der Waals surface area contributed by atoms with Crippen molar-refractivity contribution in [2.45, 2.75) is 20.4 Å². The summed E-state index contributed by atoms with van der Waals surface area (Å²) >= 11 is 1.56. The van der Waals surface area contributed by atoms with E-state index in [0.29, 0.717) is 12.2 Å². The number of aryl methyl sites for hydroxylation is 2. The van der Waals surface area contributed by atoms with Crippen LogP contribution in [0.25, 0.3) is 16.3 Å². The molecule has 0 aliphatic carbocycles. The number of aromatic nitrogens is 5. The lowest BCUT2D eigenvalue weighted by molar-refractivity contribution is 0.625. The molecular formula is C19H19FN6S. The van der Waals surface area contributed by atoms with Gasteiger partial charge in [0.05, 0.1) is 22.5 Å². The van der Waals surface area contributed by atoms with Crippen LogP contribution in [0.1, 0.15) is 17.0 Å². The molecule has 0 atom stereocenters. The molecule has 27 heavy (non-hydrogen) atoms. The minimum atomic E-state index is -0.282. The molecule has 1 N–H and O–H groups in total. The maximum Gasteiger partial charge on any atom is 0.183 e. The van der Waals surface area contributed by atoms with E-state index in [9.17, 15) is 4.39 Å². The third kappa shape index (κ3) is 3.48. The van der Waals surface area contributed by atoms with Gasteiger partial charge in [-0.15, -0.1) is 0 Å². The first-order valence-electron chi connectivity index (χ1n) is 8.52. The second-order valence-corrected chi connectivity index (χ2v) is 7.29. The van der Waals surface area contributed by atoms with Gasteiger partial charge in [0.2, 0.25) is 0 Å². The van der Waals surface area contributed by atoms with Crippen molar-refractivity contribution in [2.75, 3.05) is 5.32 Å². The number of nitrogens with zero attached hydrogens (tertiary/aromatic N) is 5. The van der Waals surface area contributed by atoms with E-state index in [4.69, 9.17) is 0 Å². The number of benzene rings is 1. The molecular weight excluding hydrogens is 363 g/mol. The van der Waals surface area contributed by atoms with Crippen LogP contribution >= 0.6 is 11.3 Å². The van der Waals surface area contributed by atoms with Crippen LogP contribution in [0.4, 0.5) is 9.52 Å². The third-order valence-corrected chi connectivity index (χ3v) is 5.60. The van der Waals surface area contributed by atoms with E-state index in [1.807, 2.05) is 50.1 Å². The monoisotopic (exact) mass is 382 g/mol. The second-order valence-electron chi connectivity index (χ2n) is 6.29. The average Bonchev–Trinajstić information content (AvgIpc) is 3.34. The van der Waals surface area contributed by atoms with E-state index in [0.717, 1.165) is 32.7 Å². The van der Waals surface area contributed by atoms with Gasteiger partial charge in [-0.3, -0.25) is 4.68 Å². The van der Waals surface area contributed by atoms with Crippen LogP contribution in [-0.4, -0.2) is 24.5 Å². The zero-order valence-corrected chi connectivity index (χ0v) is 16.1. The highest BCUT2D eigenvalue weighted by Gasteiger charge is 2.13.